The summed E-state index contributed by atoms with van der Waals surface area (Å²) in [4.78, 5) is 29.5. The molecule has 6 rings (SSSR count). The number of hydrogen-bond acceptors (Lipinski definition) is 5. The predicted octanol–water partition coefficient (Wildman–Crippen LogP) is 6.74. The summed E-state index contributed by atoms with van der Waals surface area (Å²) in [6.07, 6.45) is 5.52. The van der Waals surface area contributed by atoms with Crippen LogP contribution in [0.25, 0.3) is 55.8 Å². The summed E-state index contributed by atoms with van der Waals surface area (Å²) in [6.45, 7) is 6.09. The Labute approximate surface area is 223 Å². The Kier molecular flexibility index (Phi) is 5.91. The second-order valence-electron chi connectivity index (χ2n) is 10.7. The van der Waals surface area contributed by atoms with E-state index in [0.717, 1.165) is 33.1 Å². The molecule has 3 N–H and O–H groups in total. The molecule has 0 saturated carbocycles. The van der Waals surface area contributed by atoms with Crippen molar-refractivity contribution in [2.75, 3.05) is 5.32 Å². The fourth-order valence-electron chi connectivity index (χ4n) is 4.59. The number of amides is 1. The molecule has 194 valence electrons. The highest BCUT2D eigenvalue weighted by molar-refractivity contribution is 5.98. The summed E-state index contributed by atoms with van der Waals surface area (Å²) in [6, 6.07) is 15.9. The van der Waals surface area contributed by atoms with Crippen LogP contribution in [-0.4, -0.2) is 36.0 Å². The van der Waals surface area contributed by atoms with E-state index < -0.39 is 0 Å². The summed E-state index contributed by atoms with van der Waals surface area (Å²) in [5.74, 6) is 0.236. The van der Waals surface area contributed by atoms with Crippen LogP contribution in [0, 0.1) is 11.2 Å². The Morgan fingerprint density at radius 3 is 2.51 bits per heavy atom. The third-order valence-electron chi connectivity index (χ3n) is 6.35. The molecule has 4 heterocycles. The molecule has 8 nitrogen and oxygen atoms in total. The normalized spacial score (nSPS) is 11.8. The lowest BCUT2D eigenvalue weighted by atomic mass is 9.92. The molecule has 9 heteroatoms. The molecule has 0 spiro atoms. The fourth-order valence-corrected chi connectivity index (χ4v) is 4.59. The van der Waals surface area contributed by atoms with Crippen LogP contribution in [0.15, 0.2) is 73.2 Å². The van der Waals surface area contributed by atoms with Crippen LogP contribution in [-0.2, 0) is 4.79 Å². The Balaban J connectivity index is 1.36. The van der Waals surface area contributed by atoms with Crippen LogP contribution < -0.4 is 5.32 Å². The van der Waals surface area contributed by atoms with Gasteiger partial charge in [0.15, 0.2) is 5.82 Å². The SMILES string of the molecule is CC(C)(C)CC(=O)Nc1cncc(-c2ccc3[nH]nc(-c4nc5c(-c6ccc(F)cc6)nccc5[nH]4)c3c2)c1. The minimum absolute atomic E-state index is 0.0478. The molecule has 39 heavy (non-hydrogen) atoms. The highest BCUT2D eigenvalue weighted by Gasteiger charge is 2.18. The molecule has 0 fully saturated rings. The number of carbonyl (C=O) groups is 1. The molecule has 0 radical (unpaired) electrons. The summed E-state index contributed by atoms with van der Waals surface area (Å²) in [5.41, 5.74) is 6.76. The van der Waals surface area contributed by atoms with Gasteiger partial charge in [-0.05, 0) is 59.5 Å². The fraction of sp³-hybridized carbons (Fsp3) is 0.167. The average Bonchev–Trinajstić information content (AvgIpc) is 3.52. The number of imidazole rings is 1. The van der Waals surface area contributed by atoms with Crippen LogP contribution in [0.1, 0.15) is 27.2 Å². The van der Waals surface area contributed by atoms with E-state index in [1.54, 1.807) is 30.7 Å². The van der Waals surface area contributed by atoms with Gasteiger partial charge in [0, 0.05) is 35.3 Å². The smallest absolute Gasteiger partial charge is 0.224 e. The summed E-state index contributed by atoms with van der Waals surface area (Å²) in [5, 5.41) is 11.5. The van der Waals surface area contributed by atoms with Gasteiger partial charge in [-0.25, -0.2) is 9.37 Å². The molecule has 4 aromatic heterocycles. The molecule has 2 aromatic carbocycles. The third kappa shape index (κ3) is 4.98. The lowest BCUT2D eigenvalue weighted by Crippen LogP contribution is -2.19. The van der Waals surface area contributed by atoms with Crippen LogP contribution in [0.2, 0.25) is 0 Å². The average molecular weight is 520 g/mol. The maximum atomic E-state index is 13.5. The Morgan fingerprint density at radius 2 is 1.72 bits per heavy atom. The van der Waals surface area contributed by atoms with Gasteiger partial charge in [-0.1, -0.05) is 26.8 Å². The predicted molar refractivity (Wildman–Crippen MR) is 150 cm³/mol. The second kappa shape index (κ2) is 9.43. The van der Waals surface area contributed by atoms with E-state index in [0.29, 0.717) is 34.8 Å². The van der Waals surface area contributed by atoms with Crippen molar-refractivity contribution in [1.29, 1.82) is 0 Å². The first-order valence-corrected chi connectivity index (χ1v) is 12.6. The number of fused-ring (bicyclic) bond motifs is 2. The molecule has 0 atom stereocenters. The first-order chi connectivity index (χ1) is 18.7. The van der Waals surface area contributed by atoms with Gasteiger partial charge in [-0.2, -0.15) is 5.10 Å². The molecule has 0 aliphatic heterocycles. The molecule has 0 saturated heterocycles. The molecule has 6 aromatic rings. The standard InChI is InChI=1S/C30H26FN7O/c1-30(2,3)14-25(39)34-21-12-19(15-32-16-21)18-6-9-23-22(13-18)27(38-37-23)29-35-24-10-11-33-26(28(24)36-29)17-4-7-20(31)8-5-17/h4-13,15-16H,14H2,1-3H3,(H,34,39)(H,35,36)(H,37,38). The maximum absolute atomic E-state index is 13.5. The van der Waals surface area contributed by atoms with Crippen molar-refractivity contribution in [3.05, 3.63) is 79.0 Å². The first-order valence-electron chi connectivity index (χ1n) is 12.6. The van der Waals surface area contributed by atoms with E-state index in [2.05, 4.69) is 30.5 Å². The summed E-state index contributed by atoms with van der Waals surface area (Å²) < 4.78 is 13.5. The van der Waals surface area contributed by atoms with E-state index in [1.165, 1.54) is 12.1 Å². The molecule has 0 bridgehead atoms. The zero-order chi connectivity index (χ0) is 27.1. The van der Waals surface area contributed by atoms with Gasteiger partial charge in [0.25, 0.3) is 0 Å². The number of hydrogen-bond donors (Lipinski definition) is 3. The lowest BCUT2D eigenvalue weighted by Gasteiger charge is -2.17. The van der Waals surface area contributed by atoms with E-state index in [1.807, 2.05) is 51.1 Å². The molecular weight excluding hydrogens is 493 g/mol. The first kappa shape index (κ1) is 24.4. The number of rotatable bonds is 5. The van der Waals surface area contributed by atoms with Gasteiger partial charge in [-0.15, -0.1) is 0 Å². The van der Waals surface area contributed by atoms with Crippen molar-refractivity contribution in [2.24, 2.45) is 5.41 Å². The maximum Gasteiger partial charge on any atom is 0.224 e. The van der Waals surface area contributed by atoms with E-state index in [-0.39, 0.29) is 17.1 Å². The second-order valence-corrected chi connectivity index (χ2v) is 10.7. The highest BCUT2D eigenvalue weighted by atomic mass is 19.1. The zero-order valence-electron chi connectivity index (χ0n) is 21.7. The van der Waals surface area contributed by atoms with Crippen LogP contribution >= 0.6 is 0 Å². The molecule has 0 unspecified atom stereocenters. The van der Waals surface area contributed by atoms with Gasteiger partial charge in [0.2, 0.25) is 5.91 Å². The largest absolute Gasteiger partial charge is 0.336 e. The number of aromatic amines is 2. The topological polar surface area (TPSA) is 112 Å². The lowest BCUT2D eigenvalue weighted by molar-refractivity contribution is -0.117. The number of anilines is 1. The number of benzene rings is 2. The molecule has 0 aliphatic carbocycles. The van der Waals surface area contributed by atoms with Gasteiger partial charge in [0.1, 0.15) is 17.0 Å². The number of halogens is 1. The minimum atomic E-state index is -0.305. The van der Waals surface area contributed by atoms with E-state index >= 15 is 0 Å². The minimum Gasteiger partial charge on any atom is -0.336 e. The Hall–Kier alpha value is -4.92. The number of pyridine rings is 2. The molecule has 1 amide bonds. The third-order valence-corrected chi connectivity index (χ3v) is 6.35. The Morgan fingerprint density at radius 1 is 0.923 bits per heavy atom. The molecular formula is C30H26FN7O. The van der Waals surface area contributed by atoms with Gasteiger partial charge < -0.3 is 10.3 Å². The van der Waals surface area contributed by atoms with Crippen molar-refractivity contribution in [3.8, 4) is 33.9 Å². The van der Waals surface area contributed by atoms with Crippen molar-refractivity contribution in [3.63, 3.8) is 0 Å². The highest BCUT2D eigenvalue weighted by Crippen LogP contribution is 2.33. The van der Waals surface area contributed by atoms with E-state index in [4.69, 9.17) is 4.98 Å². The quantitative estimate of drug-likeness (QED) is 0.233. The van der Waals surface area contributed by atoms with Crippen LogP contribution in [0.3, 0.4) is 0 Å². The van der Waals surface area contributed by atoms with Crippen LogP contribution in [0.5, 0.6) is 0 Å². The van der Waals surface area contributed by atoms with Gasteiger partial charge in [0.05, 0.1) is 28.6 Å². The summed E-state index contributed by atoms with van der Waals surface area (Å²) >= 11 is 0. The van der Waals surface area contributed by atoms with Crippen LogP contribution in [0.4, 0.5) is 10.1 Å². The number of H-pyrrole nitrogens is 2. The number of nitrogens with zero attached hydrogens (tertiary/aromatic N) is 4. The number of aromatic nitrogens is 6. The monoisotopic (exact) mass is 519 g/mol. The Bertz CT molecular complexity index is 1830. The van der Waals surface area contributed by atoms with E-state index in [9.17, 15) is 9.18 Å². The van der Waals surface area contributed by atoms with Crippen molar-refractivity contribution in [1.82, 2.24) is 30.1 Å². The summed E-state index contributed by atoms with van der Waals surface area (Å²) in [7, 11) is 0. The molecule has 0 aliphatic rings. The van der Waals surface area contributed by atoms with Crippen molar-refractivity contribution >= 4 is 33.5 Å². The number of nitrogens with one attached hydrogen (secondary N) is 3. The zero-order valence-corrected chi connectivity index (χ0v) is 21.7. The number of carbonyl (C=O) groups excluding carboxylic acids is 1. The van der Waals surface area contributed by atoms with Crippen molar-refractivity contribution in [2.45, 2.75) is 27.2 Å². The van der Waals surface area contributed by atoms with Gasteiger partial charge >= 0.3 is 0 Å². The van der Waals surface area contributed by atoms with Gasteiger partial charge in [-0.3, -0.25) is 19.9 Å². The van der Waals surface area contributed by atoms with Crippen molar-refractivity contribution < 1.29 is 9.18 Å².